The summed E-state index contributed by atoms with van der Waals surface area (Å²) in [6, 6.07) is 0.0359. The van der Waals surface area contributed by atoms with Gasteiger partial charge in [0, 0.05) is 6.04 Å². The van der Waals surface area contributed by atoms with Crippen molar-refractivity contribution in [2.24, 2.45) is 0 Å². The van der Waals surface area contributed by atoms with Crippen LogP contribution in [-0.4, -0.2) is 35.0 Å². The molecular weight excluding hydrogens is 118 g/mol. The number of hydrogen-bond acceptors (Lipinski definition) is 3. The Hall–Kier alpha value is -0.120. The Morgan fingerprint density at radius 3 is 2.56 bits per heavy atom. The van der Waals surface area contributed by atoms with Crippen molar-refractivity contribution in [3.8, 4) is 0 Å². The van der Waals surface area contributed by atoms with E-state index in [4.69, 9.17) is 10.2 Å². The van der Waals surface area contributed by atoms with Gasteiger partial charge in [-0.05, 0) is 19.9 Å². The van der Waals surface area contributed by atoms with E-state index in [1.807, 2.05) is 6.92 Å². The summed E-state index contributed by atoms with van der Waals surface area (Å²) in [7, 11) is 0. The fourth-order valence-corrected chi connectivity index (χ4v) is 1.08. The molecule has 1 saturated heterocycles. The van der Waals surface area contributed by atoms with Crippen LogP contribution < -0.4 is 5.32 Å². The average Bonchev–Trinajstić information content (AvgIpc) is 1.83. The molecule has 1 rings (SSSR count). The zero-order chi connectivity index (χ0) is 6.85. The lowest BCUT2D eigenvalue weighted by atomic mass is 10.0. The summed E-state index contributed by atoms with van der Waals surface area (Å²) < 4.78 is 0. The Morgan fingerprint density at radius 2 is 2.11 bits per heavy atom. The van der Waals surface area contributed by atoms with Gasteiger partial charge in [0.05, 0.1) is 12.2 Å². The van der Waals surface area contributed by atoms with Crippen LogP contribution in [0.15, 0.2) is 0 Å². The molecule has 0 aromatic rings. The number of aliphatic hydroxyl groups is 2. The third kappa shape index (κ3) is 1.41. The van der Waals surface area contributed by atoms with Crippen LogP contribution >= 0.6 is 0 Å². The largest absolute Gasteiger partial charge is 0.390 e. The molecule has 0 aromatic carbocycles. The van der Waals surface area contributed by atoms with E-state index >= 15 is 0 Å². The summed E-state index contributed by atoms with van der Waals surface area (Å²) in [4.78, 5) is 0. The summed E-state index contributed by atoms with van der Waals surface area (Å²) in [5.41, 5.74) is 0. The van der Waals surface area contributed by atoms with Crippen LogP contribution in [0.25, 0.3) is 0 Å². The molecule has 0 aromatic heterocycles. The van der Waals surface area contributed by atoms with Gasteiger partial charge in [-0.3, -0.25) is 0 Å². The molecule has 0 spiro atoms. The SMILES string of the molecule is C[C@H]1NCC[C@@H](O)[C@H]1O. The van der Waals surface area contributed by atoms with Crippen LogP contribution in [0.3, 0.4) is 0 Å². The van der Waals surface area contributed by atoms with Crippen LogP contribution in [0, 0.1) is 0 Å². The number of piperidine rings is 1. The van der Waals surface area contributed by atoms with E-state index in [0.717, 1.165) is 6.54 Å². The van der Waals surface area contributed by atoms with Gasteiger partial charge >= 0.3 is 0 Å². The zero-order valence-corrected chi connectivity index (χ0v) is 5.54. The maximum atomic E-state index is 9.13. The molecule has 0 bridgehead atoms. The van der Waals surface area contributed by atoms with Crippen molar-refractivity contribution < 1.29 is 10.2 Å². The van der Waals surface area contributed by atoms with Gasteiger partial charge in [0.1, 0.15) is 0 Å². The molecule has 0 saturated carbocycles. The molecule has 1 heterocycles. The smallest absolute Gasteiger partial charge is 0.0949 e. The quantitative estimate of drug-likeness (QED) is 0.399. The Balaban J connectivity index is 2.41. The second-order valence-corrected chi connectivity index (χ2v) is 2.59. The molecule has 0 aliphatic carbocycles. The lowest BCUT2D eigenvalue weighted by molar-refractivity contribution is -0.0220. The molecule has 0 amide bonds. The lowest BCUT2D eigenvalue weighted by Crippen LogP contribution is -2.50. The first-order valence-electron chi connectivity index (χ1n) is 3.31. The predicted octanol–water partition coefficient (Wildman–Crippen LogP) is -0.910. The van der Waals surface area contributed by atoms with E-state index in [0.29, 0.717) is 6.42 Å². The first-order chi connectivity index (χ1) is 4.22. The summed E-state index contributed by atoms with van der Waals surface area (Å²) >= 11 is 0. The molecule has 0 unspecified atom stereocenters. The third-order valence-corrected chi connectivity index (χ3v) is 1.81. The summed E-state index contributed by atoms with van der Waals surface area (Å²) in [6.07, 6.45) is -0.453. The van der Waals surface area contributed by atoms with Gasteiger partial charge in [0.2, 0.25) is 0 Å². The topological polar surface area (TPSA) is 52.5 Å². The first kappa shape index (κ1) is 6.99. The molecule has 3 N–H and O–H groups in total. The minimum Gasteiger partial charge on any atom is -0.390 e. The van der Waals surface area contributed by atoms with E-state index in [-0.39, 0.29) is 6.04 Å². The van der Waals surface area contributed by atoms with Crippen molar-refractivity contribution in [2.45, 2.75) is 31.6 Å². The Morgan fingerprint density at radius 1 is 1.44 bits per heavy atom. The van der Waals surface area contributed by atoms with Crippen molar-refractivity contribution in [1.29, 1.82) is 0 Å². The maximum absolute atomic E-state index is 9.13. The summed E-state index contributed by atoms with van der Waals surface area (Å²) in [6.45, 7) is 2.67. The van der Waals surface area contributed by atoms with Gasteiger partial charge in [-0.2, -0.15) is 0 Å². The van der Waals surface area contributed by atoms with Crippen LogP contribution in [0.4, 0.5) is 0 Å². The average molecular weight is 131 g/mol. The van der Waals surface area contributed by atoms with Crippen LogP contribution in [0.2, 0.25) is 0 Å². The standard InChI is InChI=1S/C6H13NO2/c1-4-6(9)5(8)2-3-7-4/h4-9H,2-3H2,1H3/t4-,5-,6+/m1/s1. The molecule has 0 radical (unpaired) electrons. The second-order valence-electron chi connectivity index (χ2n) is 2.59. The molecule has 54 valence electrons. The van der Waals surface area contributed by atoms with E-state index in [1.165, 1.54) is 0 Å². The number of nitrogens with one attached hydrogen (secondary N) is 1. The van der Waals surface area contributed by atoms with Crippen molar-refractivity contribution >= 4 is 0 Å². The lowest BCUT2D eigenvalue weighted by Gasteiger charge is -2.30. The highest BCUT2D eigenvalue weighted by Gasteiger charge is 2.26. The highest BCUT2D eigenvalue weighted by Crippen LogP contribution is 2.07. The molecule has 1 fully saturated rings. The Bertz CT molecular complexity index is 87.1. The predicted molar refractivity (Wildman–Crippen MR) is 34.1 cm³/mol. The van der Waals surface area contributed by atoms with Crippen molar-refractivity contribution in [1.82, 2.24) is 5.32 Å². The monoisotopic (exact) mass is 131 g/mol. The molecule has 1 aliphatic heterocycles. The van der Waals surface area contributed by atoms with Crippen LogP contribution in [0.1, 0.15) is 13.3 Å². The minimum atomic E-state index is -0.584. The van der Waals surface area contributed by atoms with Crippen LogP contribution in [-0.2, 0) is 0 Å². The van der Waals surface area contributed by atoms with Gasteiger partial charge in [-0.25, -0.2) is 0 Å². The highest BCUT2D eigenvalue weighted by molar-refractivity contribution is 4.83. The fourth-order valence-electron chi connectivity index (χ4n) is 1.08. The number of hydrogen-bond donors (Lipinski definition) is 3. The van der Waals surface area contributed by atoms with Gasteiger partial charge in [0.15, 0.2) is 0 Å². The highest BCUT2D eigenvalue weighted by atomic mass is 16.3. The minimum absolute atomic E-state index is 0.0359. The Labute approximate surface area is 54.7 Å². The molecule has 3 nitrogen and oxygen atoms in total. The summed E-state index contributed by atoms with van der Waals surface area (Å²) in [5, 5.41) is 21.2. The zero-order valence-electron chi connectivity index (χ0n) is 5.54. The van der Waals surface area contributed by atoms with E-state index in [2.05, 4.69) is 5.32 Å². The van der Waals surface area contributed by atoms with Crippen molar-refractivity contribution in [3.63, 3.8) is 0 Å². The molecule has 9 heavy (non-hydrogen) atoms. The van der Waals surface area contributed by atoms with Crippen molar-refractivity contribution in [3.05, 3.63) is 0 Å². The van der Waals surface area contributed by atoms with Crippen LogP contribution in [0.5, 0.6) is 0 Å². The van der Waals surface area contributed by atoms with Gasteiger partial charge < -0.3 is 15.5 Å². The van der Waals surface area contributed by atoms with Gasteiger partial charge in [0.25, 0.3) is 0 Å². The maximum Gasteiger partial charge on any atom is 0.0949 e. The van der Waals surface area contributed by atoms with Gasteiger partial charge in [-0.15, -0.1) is 0 Å². The fraction of sp³-hybridized carbons (Fsp3) is 1.00. The first-order valence-corrected chi connectivity index (χ1v) is 3.31. The normalized spacial score (nSPS) is 45.0. The van der Waals surface area contributed by atoms with E-state index in [9.17, 15) is 0 Å². The molecule has 3 atom stereocenters. The van der Waals surface area contributed by atoms with Crippen molar-refractivity contribution in [2.75, 3.05) is 6.54 Å². The molecular formula is C6H13NO2. The van der Waals surface area contributed by atoms with E-state index < -0.39 is 12.2 Å². The second kappa shape index (κ2) is 2.64. The van der Waals surface area contributed by atoms with Gasteiger partial charge in [-0.1, -0.05) is 0 Å². The summed E-state index contributed by atoms with van der Waals surface area (Å²) in [5.74, 6) is 0. The number of aliphatic hydroxyl groups excluding tert-OH is 2. The third-order valence-electron chi connectivity index (χ3n) is 1.81. The molecule has 3 heteroatoms. The van der Waals surface area contributed by atoms with E-state index in [1.54, 1.807) is 0 Å². The molecule has 1 aliphatic rings. The Kier molecular flexibility index (Phi) is 2.05. The number of rotatable bonds is 0.